The highest BCUT2D eigenvalue weighted by Crippen LogP contribution is 2.29. The number of hydrogen-bond donors (Lipinski definition) is 1. The number of rotatable bonds is 8. The second kappa shape index (κ2) is 9.74. The molecule has 11 heteroatoms. The average molecular weight is 481 g/mol. The van der Waals surface area contributed by atoms with Gasteiger partial charge in [0, 0.05) is 12.7 Å². The second-order valence-electron chi connectivity index (χ2n) is 7.65. The zero-order chi connectivity index (χ0) is 24.2. The average Bonchev–Trinajstić information content (AvgIpc) is 3.22. The van der Waals surface area contributed by atoms with Crippen molar-refractivity contribution < 1.29 is 26.4 Å². The Morgan fingerprint density at radius 2 is 1.79 bits per heavy atom. The molecule has 176 valence electrons. The predicted octanol–water partition coefficient (Wildman–Crippen LogP) is 4.00. The van der Waals surface area contributed by atoms with Gasteiger partial charge in [0.1, 0.15) is 0 Å². The van der Waals surface area contributed by atoms with E-state index in [1.807, 2.05) is 13.8 Å². The third kappa shape index (κ3) is 5.78. The molecule has 0 unspecified atom stereocenters. The first-order chi connectivity index (χ1) is 15.5. The summed E-state index contributed by atoms with van der Waals surface area (Å²) in [5, 5.41) is 6.83. The zero-order valence-corrected chi connectivity index (χ0v) is 18.8. The monoisotopic (exact) mass is 480 g/mol. The van der Waals surface area contributed by atoms with Gasteiger partial charge < -0.3 is 5.32 Å². The van der Waals surface area contributed by atoms with E-state index in [1.54, 1.807) is 18.2 Å². The lowest BCUT2D eigenvalue weighted by molar-refractivity contribution is -0.137. The highest BCUT2D eigenvalue weighted by Gasteiger charge is 2.31. The zero-order valence-electron chi connectivity index (χ0n) is 18.0. The molecule has 0 radical (unpaired) electrons. The summed E-state index contributed by atoms with van der Waals surface area (Å²) in [6, 6.07) is 10.2. The van der Waals surface area contributed by atoms with Crippen molar-refractivity contribution in [2.24, 2.45) is 0 Å². The number of carbonyl (C=O) groups excluding carboxylic acids is 1. The minimum Gasteiger partial charge on any atom is -0.352 e. The molecule has 1 aromatic carbocycles. The van der Waals surface area contributed by atoms with Gasteiger partial charge in [-0.3, -0.25) is 4.79 Å². The molecule has 0 atom stereocenters. The van der Waals surface area contributed by atoms with Crippen LogP contribution in [0.4, 0.5) is 13.2 Å². The molecule has 0 aliphatic rings. The Morgan fingerprint density at radius 1 is 1.09 bits per heavy atom. The Kier molecular flexibility index (Phi) is 7.21. The van der Waals surface area contributed by atoms with Gasteiger partial charge in [-0.05, 0) is 36.6 Å². The van der Waals surface area contributed by atoms with Crippen molar-refractivity contribution in [1.82, 2.24) is 20.1 Å². The van der Waals surface area contributed by atoms with Crippen LogP contribution >= 0.6 is 0 Å². The predicted molar refractivity (Wildman–Crippen MR) is 116 cm³/mol. The van der Waals surface area contributed by atoms with Crippen LogP contribution in [0.1, 0.15) is 47.8 Å². The molecule has 0 saturated carbocycles. The second-order valence-corrected chi connectivity index (χ2v) is 9.76. The molecule has 3 aromatic rings. The summed E-state index contributed by atoms with van der Waals surface area (Å²) in [6.45, 7) is 3.77. The molecule has 2 aromatic heterocycles. The smallest absolute Gasteiger partial charge is 0.352 e. The van der Waals surface area contributed by atoms with Crippen LogP contribution in [0.5, 0.6) is 0 Å². The Bertz CT molecular complexity index is 1210. The molecule has 0 aliphatic carbocycles. The summed E-state index contributed by atoms with van der Waals surface area (Å²) in [7, 11) is -3.45. The molecule has 3 rings (SSSR count). The topological polar surface area (TPSA) is 94.0 Å². The van der Waals surface area contributed by atoms with E-state index in [0.717, 1.165) is 6.07 Å². The number of sulfone groups is 1. The van der Waals surface area contributed by atoms with Crippen LogP contribution in [0.15, 0.2) is 59.8 Å². The lowest BCUT2D eigenvalue weighted by Crippen LogP contribution is -2.27. The molecule has 0 aliphatic heterocycles. The van der Waals surface area contributed by atoms with Crippen molar-refractivity contribution in [1.29, 1.82) is 0 Å². The van der Waals surface area contributed by atoms with E-state index < -0.39 is 27.5 Å². The number of alkyl halides is 3. The molecule has 2 heterocycles. The van der Waals surface area contributed by atoms with Crippen molar-refractivity contribution in [3.63, 3.8) is 0 Å². The summed E-state index contributed by atoms with van der Waals surface area (Å²) >= 11 is 0. The number of hydrogen-bond acceptors (Lipinski definition) is 5. The molecule has 0 bridgehead atoms. The highest BCUT2D eigenvalue weighted by molar-refractivity contribution is 7.91. The van der Waals surface area contributed by atoms with Crippen molar-refractivity contribution in [2.75, 3.05) is 12.3 Å². The van der Waals surface area contributed by atoms with Gasteiger partial charge in [-0.2, -0.15) is 18.3 Å². The molecular weight excluding hydrogens is 457 g/mol. The number of aromatic nitrogens is 3. The van der Waals surface area contributed by atoms with Gasteiger partial charge in [-0.25, -0.2) is 18.1 Å². The van der Waals surface area contributed by atoms with E-state index in [4.69, 9.17) is 0 Å². The summed E-state index contributed by atoms with van der Waals surface area (Å²) < 4.78 is 64.4. The van der Waals surface area contributed by atoms with Crippen molar-refractivity contribution in [3.05, 3.63) is 71.7 Å². The van der Waals surface area contributed by atoms with Crippen molar-refractivity contribution in [2.45, 2.75) is 37.3 Å². The Balaban J connectivity index is 1.69. The number of halogens is 3. The van der Waals surface area contributed by atoms with Gasteiger partial charge in [0.25, 0.3) is 5.91 Å². The van der Waals surface area contributed by atoms with Gasteiger partial charge >= 0.3 is 6.18 Å². The summed E-state index contributed by atoms with van der Waals surface area (Å²) in [5.41, 5.74) is -0.151. The summed E-state index contributed by atoms with van der Waals surface area (Å²) in [6.07, 6.45) is -2.25. The Morgan fingerprint density at radius 3 is 2.36 bits per heavy atom. The maximum atomic E-state index is 12.8. The number of amides is 1. The van der Waals surface area contributed by atoms with Gasteiger partial charge in [-0.15, -0.1) is 0 Å². The third-order valence-corrected chi connectivity index (χ3v) is 6.68. The largest absolute Gasteiger partial charge is 0.417 e. The van der Waals surface area contributed by atoms with Gasteiger partial charge in [0.05, 0.1) is 33.7 Å². The number of benzene rings is 1. The minimum atomic E-state index is -4.50. The van der Waals surface area contributed by atoms with E-state index >= 15 is 0 Å². The third-order valence-electron chi connectivity index (χ3n) is 4.87. The van der Waals surface area contributed by atoms with Gasteiger partial charge in [-0.1, -0.05) is 32.0 Å². The highest BCUT2D eigenvalue weighted by atomic mass is 32.2. The molecule has 0 fully saturated rings. The van der Waals surface area contributed by atoms with Crippen LogP contribution in [-0.4, -0.2) is 41.4 Å². The summed E-state index contributed by atoms with van der Waals surface area (Å²) in [5.74, 6) is -0.604. The lowest BCUT2D eigenvalue weighted by atomic mass is 10.1. The minimum absolute atomic E-state index is 0.122. The molecular formula is C22H23F3N4O3S. The SMILES string of the molecule is CC(C)c1c(C(=O)NCCCS(=O)(=O)c2ccccc2)cnn1-c1ccc(C(F)(F)F)cn1. The first-order valence-corrected chi connectivity index (χ1v) is 11.8. The molecule has 0 saturated heterocycles. The van der Waals surface area contributed by atoms with E-state index in [0.29, 0.717) is 11.9 Å². The standard InChI is InChI=1S/C22H23F3N4O3S/c1-15(2)20-18(14-28-29(20)19-10-9-16(13-27-19)22(23,24)25)21(30)26-11-6-12-33(31,32)17-7-4-3-5-8-17/h3-5,7-10,13-15H,6,11-12H2,1-2H3,(H,26,30). The van der Waals surface area contributed by atoms with Gasteiger partial charge in [0.2, 0.25) is 0 Å². The fraction of sp³-hybridized carbons (Fsp3) is 0.318. The van der Waals surface area contributed by atoms with Crippen LogP contribution in [0, 0.1) is 0 Å². The van der Waals surface area contributed by atoms with Crippen LogP contribution in [0.2, 0.25) is 0 Å². The Hall–Kier alpha value is -3.21. The molecule has 1 amide bonds. The maximum Gasteiger partial charge on any atom is 0.417 e. The number of nitrogens with one attached hydrogen (secondary N) is 1. The lowest BCUT2D eigenvalue weighted by Gasteiger charge is -2.13. The van der Waals surface area contributed by atoms with Crippen LogP contribution < -0.4 is 5.32 Å². The molecule has 0 spiro atoms. The van der Waals surface area contributed by atoms with E-state index in [9.17, 15) is 26.4 Å². The first-order valence-electron chi connectivity index (χ1n) is 10.2. The van der Waals surface area contributed by atoms with Crippen molar-refractivity contribution in [3.8, 4) is 5.82 Å². The fourth-order valence-corrected chi connectivity index (χ4v) is 4.59. The number of pyridine rings is 1. The molecule has 1 N–H and O–H groups in total. The van der Waals surface area contributed by atoms with E-state index in [-0.39, 0.29) is 40.9 Å². The van der Waals surface area contributed by atoms with E-state index in [2.05, 4.69) is 15.4 Å². The Labute approximate surface area is 189 Å². The maximum absolute atomic E-state index is 12.8. The normalized spacial score (nSPS) is 12.2. The summed E-state index contributed by atoms with van der Waals surface area (Å²) in [4.78, 5) is 16.8. The van der Waals surface area contributed by atoms with Crippen LogP contribution in [0.25, 0.3) is 5.82 Å². The van der Waals surface area contributed by atoms with Crippen molar-refractivity contribution >= 4 is 15.7 Å². The van der Waals surface area contributed by atoms with E-state index in [1.165, 1.54) is 29.1 Å². The molecule has 33 heavy (non-hydrogen) atoms. The van der Waals surface area contributed by atoms with Crippen LogP contribution in [0.3, 0.4) is 0 Å². The quantitative estimate of drug-likeness (QED) is 0.492. The molecule has 7 nitrogen and oxygen atoms in total. The van der Waals surface area contributed by atoms with Gasteiger partial charge in [0.15, 0.2) is 15.7 Å². The van der Waals surface area contributed by atoms with Crippen LogP contribution in [-0.2, 0) is 16.0 Å². The number of carbonyl (C=O) groups is 1. The fourth-order valence-electron chi connectivity index (χ4n) is 3.26. The number of nitrogens with zero attached hydrogens (tertiary/aromatic N) is 3. The first kappa shape index (κ1) is 24.4.